The normalized spacial score (nSPS) is 11.0. The van der Waals surface area contributed by atoms with Crippen molar-refractivity contribution in [2.75, 3.05) is 19.0 Å². The molecule has 6 heteroatoms. The maximum atomic E-state index is 12.1. The summed E-state index contributed by atoms with van der Waals surface area (Å²) in [6.45, 7) is 0.242. The van der Waals surface area contributed by atoms with Crippen molar-refractivity contribution >= 4 is 33.6 Å². The molecular formula is C17H16BrN3O2. The van der Waals surface area contributed by atoms with Gasteiger partial charge in [0.2, 0.25) is 0 Å². The second-order valence-electron chi connectivity index (χ2n) is 5.03. The van der Waals surface area contributed by atoms with Crippen molar-refractivity contribution in [3.05, 3.63) is 58.0 Å². The molecule has 0 fully saturated rings. The van der Waals surface area contributed by atoms with Crippen LogP contribution >= 0.6 is 15.9 Å². The van der Waals surface area contributed by atoms with E-state index >= 15 is 0 Å². The van der Waals surface area contributed by atoms with Crippen molar-refractivity contribution in [2.24, 2.45) is 0 Å². The molecule has 0 aliphatic carbocycles. The van der Waals surface area contributed by atoms with Gasteiger partial charge in [-0.2, -0.15) is 5.26 Å². The molecular weight excluding hydrogens is 358 g/mol. The zero-order valence-corrected chi connectivity index (χ0v) is 14.4. The summed E-state index contributed by atoms with van der Waals surface area (Å²) in [5.41, 5.74) is 1.82. The lowest BCUT2D eigenvalue weighted by Crippen LogP contribution is -2.23. The maximum absolute atomic E-state index is 12.1. The average Bonchev–Trinajstić information content (AvgIpc) is 3.04. The molecule has 0 saturated heterocycles. The number of furan rings is 1. The molecule has 0 unspecified atom stereocenters. The Morgan fingerprint density at radius 1 is 1.43 bits per heavy atom. The van der Waals surface area contributed by atoms with Gasteiger partial charge in [-0.1, -0.05) is 22.0 Å². The summed E-state index contributed by atoms with van der Waals surface area (Å²) >= 11 is 3.47. The van der Waals surface area contributed by atoms with Gasteiger partial charge in [0.15, 0.2) is 0 Å². The van der Waals surface area contributed by atoms with Crippen LogP contribution in [-0.2, 0) is 11.3 Å². The van der Waals surface area contributed by atoms with Crippen LogP contribution in [0.5, 0.6) is 0 Å². The van der Waals surface area contributed by atoms with Gasteiger partial charge in [-0.15, -0.1) is 0 Å². The second kappa shape index (κ2) is 7.65. The predicted octanol–water partition coefficient (Wildman–Crippen LogP) is 3.33. The molecule has 0 bridgehead atoms. The molecule has 23 heavy (non-hydrogen) atoms. The number of rotatable bonds is 5. The topological polar surface area (TPSA) is 69.3 Å². The summed E-state index contributed by atoms with van der Waals surface area (Å²) in [5.74, 6) is 0.194. The van der Waals surface area contributed by atoms with Crippen LogP contribution in [0, 0.1) is 11.3 Å². The first-order valence-corrected chi connectivity index (χ1v) is 7.70. The Hall–Kier alpha value is -2.52. The van der Waals surface area contributed by atoms with E-state index in [1.54, 1.807) is 18.2 Å². The summed E-state index contributed by atoms with van der Waals surface area (Å²) in [6.07, 6.45) is 3.09. The molecule has 1 N–H and O–H groups in total. The number of benzene rings is 1. The lowest BCUT2D eigenvalue weighted by atomic mass is 10.1. The lowest BCUT2D eigenvalue weighted by molar-refractivity contribution is -0.117. The number of hydrogen-bond acceptors (Lipinski definition) is 4. The van der Waals surface area contributed by atoms with Gasteiger partial charge >= 0.3 is 0 Å². The van der Waals surface area contributed by atoms with Crippen molar-refractivity contribution in [1.29, 1.82) is 5.26 Å². The van der Waals surface area contributed by atoms with E-state index < -0.39 is 5.91 Å². The number of carbonyl (C=O) groups is 1. The Morgan fingerprint density at radius 2 is 2.22 bits per heavy atom. The first-order valence-electron chi connectivity index (χ1n) is 6.90. The first kappa shape index (κ1) is 16.8. The van der Waals surface area contributed by atoms with E-state index in [2.05, 4.69) is 21.2 Å². The highest BCUT2D eigenvalue weighted by molar-refractivity contribution is 9.10. The number of amides is 1. The lowest BCUT2D eigenvalue weighted by Gasteiger charge is -2.13. The molecule has 0 radical (unpaired) electrons. The molecule has 5 nitrogen and oxygen atoms in total. The van der Waals surface area contributed by atoms with E-state index in [1.165, 1.54) is 6.26 Å². The van der Waals surface area contributed by atoms with Crippen LogP contribution < -0.4 is 10.2 Å². The number of nitrogens with zero attached hydrogens (tertiary/aromatic N) is 2. The smallest absolute Gasteiger partial charge is 0.262 e. The third kappa shape index (κ3) is 4.47. The van der Waals surface area contributed by atoms with Gasteiger partial charge in [0.25, 0.3) is 5.91 Å². The van der Waals surface area contributed by atoms with E-state index in [0.29, 0.717) is 5.76 Å². The maximum Gasteiger partial charge on any atom is 0.262 e. The molecule has 0 aliphatic heterocycles. The van der Waals surface area contributed by atoms with Crippen molar-refractivity contribution in [2.45, 2.75) is 6.54 Å². The Labute approximate surface area is 143 Å². The van der Waals surface area contributed by atoms with E-state index in [1.807, 2.05) is 43.3 Å². The van der Waals surface area contributed by atoms with Gasteiger partial charge in [-0.3, -0.25) is 4.79 Å². The Bertz CT molecular complexity index is 759. The number of carbonyl (C=O) groups excluding carboxylic acids is 1. The molecule has 2 aromatic rings. The van der Waals surface area contributed by atoms with Gasteiger partial charge in [-0.25, -0.2) is 0 Å². The quantitative estimate of drug-likeness (QED) is 0.644. The SMILES string of the molecule is CN(C)c1ccc(C=C(C#N)C(=O)NCc2ccco2)c(Br)c1. The summed E-state index contributed by atoms with van der Waals surface area (Å²) in [6, 6.07) is 11.1. The minimum atomic E-state index is -0.438. The van der Waals surface area contributed by atoms with E-state index in [9.17, 15) is 10.1 Å². The monoisotopic (exact) mass is 373 g/mol. The van der Waals surface area contributed by atoms with E-state index in [4.69, 9.17) is 4.42 Å². The van der Waals surface area contributed by atoms with Gasteiger partial charge < -0.3 is 14.6 Å². The van der Waals surface area contributed by atoms with Crippen molar-refractivity contribution in [3.8, 4) is 6.07 Å². The zero-order valence-electron chi connectivity index (χ0n) is 12.8. The van der Waals surface area contributed by atoms with Crippen LogP contribution in [-0.4, -0.2) is 20.0 Å². The second-order valence-corrected chi connectivity index (χ2v) is 5.89. The molecule has 1 amide bonds. The van der Waals surface area contributed by atoms with Crippen LogP contribution in [0.4, 0.5) is 5.69 Å². The molecule has 2 rings (SSSR count). The van der Waals surface area contributed by atoms with Gasteiger partial charge in [0.1, 0.15) is 17.4 Å². The molecule has 0 spiro atoms. The fourth-order valence-corrected chi connectivity index (χ4v) is 2.37. The number of halogens is 1. The van der Waals surface area contributed by atoms with Crippen LogP contribution in [0.2, 0.25) is 0 Å². The number of anilines is 1. The van der Waals surface area contributed by atoms with E-state index in [0.717, 1.165) is 15.7 Å². The van der Waals surface area contributed by atoms with Gasteiger partial charge in [0, 0.05) is 24.3 Å². The summed E-state index contributed by atoms with van der Waals surface area (Å²) in [5, 5.41) is 11.9. The highest BCUT2D eigenvalue weighted by atomic mass is 79.9. The van der Waals surface area contributed by atoms with Gasteiger partial charge in [0.05, 0.1) is 12.8 Å². The van der Waals surface area contributed by atoms with Crippen LogP contribution in [0.3, 0.4) is 0 Å². The largest absolute Gasteiger partial charge is 0.467 e. The minimum absolute atomic E-state index is 0.0369. The number of nitrogens with one attached hydrogen (secondary N) is 1. The fraction of sp³-hybridized carbons (Fsp3) is 0.176. The third-order valence-electron chi connectivity index (χ3n) is 3.17. The molecule has 0 aliphatic rings. The summed E-state index contributed by atoms with van der Waals surface area (Å²) in [4.78, 5) is 14.1. The summed E-state index contributed by atoms with van der Waals surface area (Å²) < 4.78 is 5.96. The molecule has 118 valence electrons. The van der Waals surface area contributed by atoms with Crippen molar-refractivity contribution in [1.82, 2.24) is 5.32 Å². The van der Waals surface area contributed by atoms with Crippen molar-refractivity contribution in [3.63, 3.8) is 0 Å². The Balaban J connectivity index is 2.14. The fourth-order valence-electron chi connectivity index (χ4n) is 1.89. The minimum Gasteiger partial charge on any atom is -0.467 e. The number of hydrogen-bond donors (Lipinski definition) is 1. The highest BCUT2D eigenvalue weighted by Gasteiger charge is 2.11. The van der Waals surface area contributed by atoms with Crippen LogP contribution in [0.25, 0.3) is 6.08 Å². The average molecular weight is 374 g/mol. The summed E-state index contributed by atoms with van der Waals surface area (Å²) in [7, 11) is 3.89. The van der Waals surface area contributed by atoms with Crippen molar-refractivity contribution < 1.29 is 9.21 Å². The first-order chi connectivity index (χ1) is 11.0. The Morgan fingerprint density at radius 3 is 2.78 bits per heavy atom. The number of nitriles is 1. The molecule has 1 aromatic carbocycles. The predicted molar refractivity (Wildman–Crippen MR) is 92.6 cm³/mol. The van der Waals surface area contributed by atoms with Crippen LogP contribution in [0.15, 0.2) is 51.1 Å². The Kier molecular flexibility index (Phi) is 5.61. The molecule has 1 heterocycles. The van der Waals surface area contributed by atoms with E-state index in [-0.39, 0.29) is 12.1 Å². The molecule has 0 atom stereocenters. The van der Waals surface area contributed by atoms with Gasteiger partial charge in [-0.05, 0) is 35.9 Å². The molecule has 1 aromatic heterocycles. The zero-order chi connectivity index (χ0) is 16.8. The standard InChI is InChI=1S/C17H16BrN3O2/c1-21(2)14-6-5-12(16(18)9-14)8-13(10-19)17(22)20-11-15-4-3-7-23-15/h3-9H,11H2,1-2H3,(H,20,22). The highest BCUT2D eigenvalue weighted by Crippen LogP contribution is 2.25. The molecule has 0 saturated carbocycles. The van der Waals surface area contributed by atoms with Crippen LogP contribution in [0.1, 0.15) is 11.3 Å². The third-order valence-corrected chi connectivity index (χ3v) is 3.86.